The predicted octanol–water partition coefficient (Wildman–Crippen LogP) is 5.44. The molecule has 122 valence electrons. The van der Waals surface area contributed by atoms with Gasteiger partial charge in [0.2, 0.25) is 0 Å². The van der Waals surface area contributed by atoms with E-state index in [0.717, 1.165) is 35.0 Å². The Bertz CT molecular complexity index is 670. The lowest BCUT2D eigenvalue weighted by atomic mass is 10.1. The largest absolute Gasteiger partial charge is 0.493 e. The van der Waals surface area contributed by atoms with Crippen molar-refractivity contribution in [2.45, 2.75) is 33.1 Å². The summed E-state index contributed by atoms with van der Waals surface area (Å²) in [5.41, 5.74) is 2.50. The van der Waals surface area contributed by atoms with E-state index in [4.69, 9.17) is 4.74 Å². The van der Waals surface area contributed by atoms with E-state index in [1.807, 2.05) is 36.4 Å². The van der Waals surface area contributed by atoms with Gasteiger partial charge in [0.25, 0.3) is 5.91 Å². The molecule has 4 heteroatoms. The third kappa shape index (κ3) is 4.83. The van der Waals surface area contributed by atoms with Crippen LogP contribution in [0.5, 0.6) is 5.75 Å². The average molecular weight is 376 g/mol. The molecule has 0 atom stereocenters. The molecule has 2 rings (SSSR count). The molecule has 1 amide bonds. The van der Waals surface area contributed by atoms with Crippen LogP contribution in [0.15, 0.2) is 46.9 Å². The highest BCUT2D eigenvalue weighted by atomic mass is 79.9. The van der Waals surface area contributed by atoms with Crippen molar-refractivity contribution in [2.75, 3.05) is 11.9 Å². The van der Waals surface area contributed by atoms with Crippen molar-refractivity contribution >= 4 is 27.5 Å². The maximum absolute atomic E-state index is 12.7. The van der Waals surface area contributed by atoms with Gasteiger partial charge in [-0.1, -0.05) is 54.4 Å². The summed E-state index contributed by atoms with van der Waals surface area (Å²) in [6.45, 7) is 4.80. The Labute approximate surface area is 146 Å². The number of hydrogen-bond donors (Lipinski definition) is 1. The van der Waals surface area contributed by atoms with Gasteiger partial charge in [-0.25, -0.2) is 0 Å². The van der Waals surface area contributed by atoms with E-state index in [0.29, 0.717) is 17.9 Å². The lowest BCUT2D eigenvalue weighted by Crippen LogP contribution is -2.15. The second-order valence-corrected chi connectivity index (χ2v) is 6.22. The second-order valence-electron chi connectivity index (χ2n) is 5.31. The molecule has 1 N–H and O–H groups in total. The number of halogens is 1. The molecule has 0 aliphatic heterocycles. The standard InChI is InChI=1S/C19H22BrNO2/c1-3-5-12-23-18-11-10-15(20)13-16(18)19(22)21-17-9-7-6-8-14(17)4-2/h6-11,13H,3-5,12H2,1-2H3,(H,21,22). The summed E-state index contributed by atoms with van der Waals surface area (Å²) >= 11 is 3.42. The number of carbonyl (C=O) groups is 1. The molecule has 3 nitrogen and oxygen atoms in total. The van der Waals surface area contributed by atoms with E-state index in [-0.39, 0.29) is 5.91 Å². The Morgan fingerprint density at radius 1 is 1.17 bits per heavy atom. The first kappa shape index (κ1) is 17.5. The van der Waals surface area contributed by atoms with Gasteiger partial charge in [0.1, 0.15) is 5.75 Å². The third-order valence-electron chi connectivity index (χ3n) is 3.59. The maximum atomic E-state index is 12.7. The van der Waals surface area contributed by atoms with Gasteiger partial charge in [0, 0.05) is 10.2 Å². The molecule has 0 radical (unpaired) electrons. The fourth-order valence-corrected chi connectivity index (χ4v) is 2.63. The SMILES string of the molecule is CCCCOc1ccc(Br)cc1C(=O)Nc1ccccc1CC. The molecule has 0 saturated heterocycles. The van der Waals surface area contributed by atoms with Crippen LogP contribution in [0.1, 0.15) is 42.6 Å². The number of unbranched alkanes of at least 4 members (excludes halogenated alkanes) is 1. The van der Waals surface area contributed by atoms with Gasteiger partial charge in [-0.3, -0.25) is 4.79 Å². The highest BCUT2D eigenvalue weighted by Gasteiger charge is 2.14. The average Bonchev–Trinajstić information content (AvgIpc) is 2.56. The molecule has 0 unspecified atom stereocenters. The van der Waals surface area contributed by atoms with Crippen LogP contribution in [0.4, 0.5) is 5.69 Å². The van der Waals surface area contributed by atoms with Gasteiger partial charge >= 0.3 is 0 Å². The molecular formula is C19H22BrNO2. The van der Waals surface area contributed by atoms with Crippen molar-refractivity contribution in [2.24, 2.45) is 0 Å². The van der Waals surface area contributed by atoms with Crippen molar-refractivity contribution in [3.05, 3.63) is 58.1 Å². The molecule has 0 aliphatic carbocycles. The van der Waals surface area contributed by atoms with Crippen LogP contribution in [0.3, 0.4) is 0 Å². The second kappa shape index (κ2) is 8.73. The zero-order valence-electron chi connectivity index (χ0n) is 13.6. The monoisotopic (exact) mass is 375 g/mol. The quantitative estimate of drug-likeness (QED) is 0.654. The third-order valence-corrected chi connectivity index (χ3v) is 4.08. The van der Waals surface area contributed by atoms with E-state index in [1.54, 1.807) is 6.07 Å². The Balaban J connectivity index is 2.22. The molecule has 2 aromatic rings. The van der Waals surface area contributed by atoms with E-state index < -0.39 is 0 Å². The summed E-state index contributed by atoms with van der Waals surface area (Å²) in [7, 11) is 0. The molecule has 0 saturated carbocycles. The number of nitrogens with one attached hydrogen (secondary N) is 1. The van der Waals surface area contributed by atoms with Crippen LogP contribution in [0.25, 0.3) is 0 Å². The first-order valence-electron chi connectivity index (χ1n) is 7.97. The molecule has 23 heavy (non-hydrogen) atoms. The van der Waals surface area contributed by atoms with Crippen LogP contribution >= 0.6 is 15.9 Å². The van der Waals surface area contributed by atoms with Gasteiger partial charge in [-0.05, 0) is 42.7 Å². The lowest BCUT2D eigenvalue weighted by Gasteiger charge is -2.13. The fourth-order valence-electron chi connectivity index (χ4n) is 2.27. The summed E-state index contributed by atoms with van der Waals surface area (Å²) in [5.74, 6) is 0.465. The summed E-state index contributed by atoms with van der Waals surface area (Å²) < 4.78 is 6.62. The van der Waals surface area contributed by atoms with E-state index in [2.05, 4.69) is 35.1 Å². The summed E-state index contributed by atoms with van der Waals surface area (Å²) in [4.78, 5) is 12.7. The molecule has 0 bridgehead atoms. The van der Waals surface area contributed by atoms with Crippen LogP contribution in [-0.2, 0) is 6.42 Å². The smallest absolute Gasteiger partial charge is 0.259 e. The van der Waals surface area contributed by atoms with Crippen LogP contribution in [-0.4, -0.2) is 12.5 Å². The summed E-state index contributed by atoms with van der Waals surface area (Å²) in [6, 6.07) is 13.4. The van der Waals surface area contributed by atoms with Gasteiger partial charge in [-0.2, -0.15) is 0 Å². The van der Waals surface area contributed by atoms with Crippen molar-refractivity contribution in [1.29, 1.82) is 0 Å². The Morgan fingerprint density at radius 3 is 2.70 bits per heavy atom. The molecular weight excluding hydrogens is 354 g/mol. The van der Waals surface area contributed by atoms with Gasteiger partial charge in [0.05, 0.1) is 12.2 Å². The topological polar surface area (TPSA) is 38.3 Å². The fraction of sp³-hybridized carbons (Fsp3) is 0.316. The molecule has 0 heterocycles. The van der Waals surface area contributed by atoms with Crippen molar-refractivity contribution in [1.82, 2.24) is 0 Å². The number of aryl methyl sites for hydroxylation is 1. The molecule has 0 aliphatic rings. The first-order valence-corrected chi connectivity index (χ1v) is 8.76. The predicted molar refractivity (Wildman–Crippen MR) is 98.3 cm³/mol. The van der Waals surface area contributed by atoms with E-state index in [1.165, 1.54) is 0 Å². The highest BCUT2D eigenvalue weighted by molar-refractivity contribution is 9.10. The molecule has 2 aromatic carbocycles. The Morgan fingerprint density at radius 2 is 1.96 bits per heavy atom. The van der Waals surface area contributed by atoms with Gasteiger partial charge in [0.15, 0.2) is 0 Å². The Kier molecular flexibility index (Phi) is 6.66. The number of benzene rings is 2. The molecule has 0 fully saturated rings. The van der Waals surface area contributed by atoms with Crippen LogP contribution in [0.2, 0.25) is 0 Å². The van der Waals surface area contributed by atoms with Crippen LogP contribution in [0, 0.1) is 0 Å². The zero-order chi connectivity index (χ0) is 16.7. The number of carbonyl (C=O) groups excluding carboxylic acids is 1. The first-order chi connectivity index (χ1) is 11.2. The van der Waals surface area contributed by atoms with Crippen molar-refractivity contribution < 1.29 is 9.53 Å². The number of rotatable bonds is 7. The molecule has 0 aromatic heterocycles. The number of para-hydroxylation sites is 1. The van der Waals surface area contributed by atoms with Crippen molar-refractivity contribution in [3.8, 4) is 5.75 Å². The Hall–Kier alpha value is -1.81. The minimum absolute atomic E-state index is 0.154. The summed E-state index contributed by atoms with van der Waals surface area (Å²) in [6.07, 6.45) is 2.90. The van der Waals surface area contributed by atoms with E-state index >= 15 is 0 Å². The minimum atomic E-state index is -0.154. The lowest BCUT2D eigenvalue weighted by molar-refractivity contribution is 0.102. The van der Waals surface area contributed by atoms with Gasteiger partial charge < -0.3 is 10.1 Å². The van der Waals surface area contributed by atoms with E-state index in [9.17, 15) is 4.79 Å². The maximum Gasteiger partial charge on any atom is 0.259 e. The number of hydrogen-bond acceptors (Lipinski definition) is 2. The van der Waals surface area contributed by atoms with Crippen LogP contribution < -0.4 is 10.1 Å². The zero-order valence-corrected chi connectivity index (χ0v) is 15.2. The normalized spacial score (nSPS) is 10.4. The number of ether oxygens (including phenoxy) is 1. The molecule has 0 spiro atoms. The number of amides is 1. The highest BCUT2D eigenvalue weighted by Crippen LogP contribution is 2.25. The minimum Gasteiger partial charge on any atom is -0.493 e. The summed E-state index contributed by atoms with van der Waals surface area (Å²) in [5, 5.41) is 3.00. The van der Waals surface area contributed by atoms with Crippen molar-refractivity contribution in [3.63, 3.8) is 0 Å². The number of anilines is 1. The van der Waals surface area contributed by atoms with Gasteiger partial charge in [-0.15, -0.1) is 0 Å².